The summed E-state index contributed by atoms with van der Waals surface area (Å²) in [6.45, 7) is 6.68. The lowest BCUT2D eigenvalue weighted by Crippen LogP contribution is -2.45. The molecule has 0 saturated carbocycles. The van der Waals surface area contributed by atoms with Crippen LogP contribution in [0.15, 0.2) is 53.0 Å². The summed E-state index contributed by atoms with van der Waals surface area (Å²) in [4.78, 5) is 12.2. The van der Waals surface area contributed by atoms with Gasteiger partial charge < -0.3 is 19.8 Å². The first-order chi connectivity index (χ1) is 15.7. The van der Waals surface area contributed by atoms with Crippen LogP contribution >= 0.6 is 15.9 Å². The molecule has 5 nitrogen and oxygen atoms in total. The molecule has 6 heteroatoms. The average Bonchev–Trinajstić information content (AvgIpc) is 2.78. The first-order valence-electron chi connectivity index (χ1n) is 11.7. The Kier molecular flexibility index (Phi) is 7.39. The molecule has 1 aliphatic heterocycles. The second-order valence-electron chi connectivity index (χ2n) is 9.78. The molecular formula is C27H35BrN4O. The zero-order valence-corrected chi connectivity index (χ0v) is 21.8. The van der Waals surface area contributed by atoms with Gasteiger partial charge in [0.2, 0.25) is 0 Å². The molecule has 1 unspecified atom stereocenters. The van der Waals surface area contributed by atoms with Crippen LogP contribution in [0, 0.1) is 0 Å². The number of benzene rings is 2. The van der Waals surface area contributed by atoms with E-state index in [0.717, 1.165) is 65.9 Å². The number of nitrogens with zero attached hydrogens (tertiary/aromatic N) is 4. The number of aliphatic hydroxyl groups is 1. The highest BCUT2D eigenvalue weighted by Gasteiger charge is 2.28. The van der Waals surface area contributed by atoms with Crippen molar-refractivity contribution in [1.82, 2.24) is 14.8 Å². The third kappa shape index (κ3) is 5.75. The Morgan fingerprint density at radius 2 is 1.76 bits per heavy atom. The molecule has 0 aliphatic carbocycles. The molecule has 0 radical (unpaired) electrons. The van der Waals surface area contributed by atoms with Crippen molar-refractivity contribution in [3.63, 3.8) is 0 Å². The molecule has 4 rings (SSSR count). The number of anilines is 1. The van der Waals surface area contributed by atoms with Crippen LogP contribution in [0.3, 0.4) is 0 Å². The van der Waals surface area contributed by atoms with E-state index in [1.165, 1.54) is 11.1 Å². The Labute approximate surface area is 206 Å². The van der Waals surface area contributed by atoms with Gasteiger partial charge in [-0.15, -0.1) is 0 Å². The van der Waals surface area contributed by atoms with Crippen molar-refractivity contribution in [2.45, 2.75) is 25.4 Å². The molecule has 2 heterocycles. The topological polar surface area (TPSA) is 42.8 Å². The fourth-order valence-corrected chi connectivity index (χ4v) is 4.99. The van der Waals surface area contributed by atoms with Crippen LogP contribution < -0.4 is 4.90 Å². The van der Waals surface area contributed by atoms with Crippen LogP contribution in [0.2, 0.25) is 0 Å². The van der Waals surface area contributed by atoms with Crippen LogP contribution in [0.4, 0.5) is 5.82 Å². The first kappa shape index (κ1) is 24.1. The maximum Gasteiger partial charge on any atom is 0.132 e. The van der Waals surface area contributed by atoms with E-state index in [0.29, 0.717) is 6.42 Å². The predicted molar refractivity (Wildman–Crippen MR) is 141 cm³/mol. The SMILES string of the molecule is CN(C)CCC(C)(O)c1cc(Br)cc2cc(Cc3ccccc3)c(N3CCN(C)CC3)nc12. The lowest BCUT2D eigenvalue weighted by Gasteiger charge is -2.35. The molecule has 1 aliphatic rings. The Bertz CT molecular complexity index is 1090. The van der Waals surface area contributed by atoms with Crippen molar-refractivity contribution in [3.8, 4) is 0 Å². The van der Waals surface area contributed by atoms with Crippen LogP contribution in [0.25, 0.3) is 10.9 Å². The summed E-state index contributed by atoms with van der Waals surface area (Å²) in [6.07, 6.45) is 1.48. The number of halogens is 1. The predicted octanol–water partition coefficient (Wildman–Crippen LogP) is 4.50. The molecule has 176 valence electrons. The molecule has 1 aromatic heterocycles. The average molecular weight is 512 g/mol. The fourth-order valence-electron chi connectivity index (χ4n) is 4.51. The lowest BCUT2D eigenvalue weighted by atomic mass is 9.89. The lowest BCUT2D eigenvalue weighted by molar-refractivity contribution is 0.0418. The molecule has 1 fully saturated rings. The van der Waals surface area contributed by atoms with Gasteiger partial charge in [0.05, 0.1) is 11.1 Å². The van der Waals surface area contributed by atoms with Crippen molar-refractivity contribution in [2.24, 2.45) is 0 Å². The maximum absolute atomic E-state index is 11.5. The number of rotatable bonds is 7. The van der Waals surface area contributed by atoms with Gasteiger partial charge in [-0.3, -0.25) is 0 Å². The monoisotopic (exact) mass is 510 g/mol. The highest BCUT2D eigenvalue weighted by molar-refractivity contribution is 9.10. The Balaban J connectivity index is 1.84. The highest BCUT2D eigenvalue weighted by atomic mass is 79.9. The van der Waals surface area contributed by atoms with Crippen molar-refractivity contribution in [2.75, 3.05) is 58.8 Å². The number of piperazine rings is 1. The Morgan fingerprint density at radius 3 is 2.42 bits per heavy atom. The standard InChI is InChI=1S/C27H35BrN4O/c1-27(33,10-11-30(2)3)24-19-23(28)18-21-17-22(16-20-8-6-5-7-9-20)26(29-25(21)24)32-14-12-31(4)13-15-32/h5-9,17-19,33H,10-16H2,1-4H3. The van der Waals surface area contributed by atoms with E-state index in [1.807, 2.05) is 27.1 Å². The van der Waals surface area contributed by atoms with Gasteiger partial charge in [-0.1, -0.05) is 46.3 Å². The van der Waals surface area contributed by atoms with E-state index in [2.05, 4.69) is 80.1 Å². The second kappa shape index (κ2) is 10.1. The van der Waals surface area contributed by atoms with Gasteiger partial charge in [-0.2, -0.15) is 0 Å². The van der Waals surface area contributed by atoms with Gasteiger partial charge in [0.1, 0.15) is 5.82 Å². The molecule has 1 N–H and O–H groups in total. The number of pyridine rings is 1. The zero-order chi connectivity index (χ0) is 23.6. The molecule has 1 saturated heterocycles. The molecule has 0 amide bonds. The van der Waals surface area contributed by atoms with Gasteiger partial charge in [0.15, 0.2) is 0 Å². The molecule has 0 spiro atoms. The minimum Gasteiger partial charge on any atom is -0.385 e. The third-order valence-corrected chi connectivity index (χ3v) is 7.06. The summed E-state index contributed by atoms with van der Waals surface area (Å²) in [7, 11) is 6.25. The van der Waals surface area contributed by atoms with E-state index >= 15 is 0 Å². The fraction of sp³-hybridized carbons (Fsp3) is 0.444. The first-order valence-corrected chi connectivity index (χ1v) is 12.5. The highest BCUT2D eigenvalue weighted by Crippen LogP contribution is 2.36. The van der Waals surface area contributed by atoms with Crippen molar-refractivity contribution >= 4 is 32.7 Å². The van der Waals surface area contributed by atoms with Crippen LogP contribution in [0.5, 0.6) is 0 Å². The van der Waals surface area contributed by atoms with Crippen LogP contribution in [-0.4, -0.2) is 73.8 Å². The summed E-state index contributed by atoms with van der Waals surface area (Å²) in [5, 5.41) is 12.6. The molecule has 3 aromatic rings. The van der Waals surface area contributed by atoms with E-state index in [1.54, 1.807) is 0 Å². The van der Waals surface area contributed by atoms with Gasteiger partial charge in [-0.05, 0) is 63.8 Å². The zero-order valence-electron chi connectivity index (χ0n) is 20.2. The molecular weight excluding hydrogens is 476 g/mol. The van der Waals surface area contributed by atoms with E-state index in [9.17, 15) is 5.11 Å². The number of aromatic nitrogens is 1. The maximum atomic E-state index is 11.5. The number of hydrogen-bond acceptors (Lipinski definition) is 5. The summed E-state index contributed by atoms with van der Waals surface area (Å²) < 4.78 is 0.968. The third-order valence-electron chi connectivity index (χ3n) is 6.61. The van der Waals surface area contributed by atoms with E-state index in [4.69, 9.17) is 4.98 Å². The van der Waals surface area contributed by atoms with Gasteiger partial charge >= 0.3 is 0 Å². The molecule has 33 heavy (non-hydrogen) atoms. The largest absolute Gasteiger partial charge is 0.385 e. The smallest absolute Gasteiger partial charge is 0.132 e. The molecule has 1 atom stereocenters. The summed E-state index contributed by atoms with van der Waals surface area (Å²) >= 11 is 3.68. The Hall–Kier alpha value is -1.99. The van der Waals surface area contributed by atoms with Crippen molar-refractivity contribution in [3.05, 3.63) is 69.7 Å². The quantitative estimate of drug-likeness (QED) is 0.506. The normalized spacial score (nSPS) is 17.0. The minimum atomic E-state index is -0.973. The number of likely N-dealkylation sites (N-methyl/N-ethyl adjacent to an activating group) is 1. The number of fused-ring (bicyclic) bond motifs is 1. The number of hydrogen-bond donors (Lipinski definition) is 1. The minimum absolute atomic E-state index is 0.642. The van der Waals surface area contributed by atoms with Gasteiger partial charge in [0, 0.05) is 54.6 Å². The van der Waals surface area contributed by atoms with Crippen LogP contribution in [-0.2, 0) is 12.0 Å². The van der Waals surface area contributed by atoms with E-state index < -0.39 is 5.60 Å². The van der Waals surface area contributed by atoms with Gasteiger partial charge in [0.25, 0.3) is 0 Å². The van der Waals surface area contributed by atoms with E-state index in [-0.39, 0.29) is 0 Å². The molecule has 2 aromatic carbocycles. The summed E-state index contributed by atoms with van der Waals surface area (Å²) in [5.41, 5.74) is 3.32. The van der Waals surface area contributed by atoms with Crippen molar-refractivity contribution < 1.29 is 5.11 Å². The second-order valence-corrected chi connectivity index (χ2v) is 10.7. The Morgan fingerprint density at radius 1 is 1.06 bits per heavy atom. The molecule has 0 bridgehead atoms. The van der Waals surface area contributed by atoms with Gasteiger partial charge in [-0.25, -0.2) is 4.98 Å². The van der Waals surface area contributed by atoms with Crippen molar-refractivity contribution in [1.29, 1.82) is 0 Å². The van der Waals surface area contributed by atoms with Crippen LogP contribution in [0.1, 0.15) is 30.0 Å². The summed E-state index contributed by atoms with van der Waals surface area (Å²) in [5.74, 6) is 1.05. The summed E-state index contributed by atoms with van der Waals surface area (Å²) in [6, 6.07) is 17.0.